The minimum absolute atomic E-state index is 0.0104. The molecule has 0 bridgehead atoms. The molecule has 2 aliphatic rings. The van der Waals surface area contributed by atoms with Crippen LogP contribution in [0.5, 0.6) is 0 Å². The number of carbonyl (C=O) groups excluding carboxylic acids is 3. The minimum Gasteiger partial charge on any atom is -0.342 e. The van der Waals surface area contributed by atoms with E-state index in [9.17, 15) is 24.5 Å². The number of hydrogen-bond donors (Lipinski definition) is 1. The van der Waals surface area contributed by atoms with Gasteiger partial charge in [0.1, 0.15) is 0 Å². The third-order valence-electron chi connectivity index (χ3n) is 6.27. The molecular weight excluding hydrogens is 446 g/mol. The lowest BCUT2D eigenvalue weighted by Gasteiger charge is -2.34. The zero-order valence-corrected chi connectivity index (χ0v) is 19.7. The maximum absolute atomic E-state index is 13.0. The van der Waals surface area contributed by atoms with Gasteiger partial charge in [-0.25, -0.2) is 4.98 Å². The Labute approximate surface area is 195 Å². The summed E-state index contributed by atoms with van der Waals surface area (Å²) in [6.07, 6.45) is 1.32. The number of aromatic nitrogens is 1. The van der Waals surface area contributed by atoms with Crippen LogP contribution in [0.25, 0.3) is 10.2 Å². The number of hydrogen-bond acceptors (Lipinski definition) is 7. The number of rotatable bonds is 4. The summed E-state index contributed by atoms with van der Waals surface area (Å²) in [5.74, 6) is -0.732. The van der Waals surface area contributed by atoms with Crippen molar-refractivity contribution in [2.24, 2.45) is 11.8 Å². The smallest absolute Gasteiger partial charge is 0.270 e. The van der Waals surface area contributed by atoms with Gasteiger partial charge in [0.15, 0.2) is 5.13 Å². The van der Waals surface area contributed by atoms with E-state index in [4.69, 9.17) is 0 Å². The average molecular weight is 474 g/mol. The van der Waals surface area contributed by atoms with Crippen molar-refractivity contribution in [1.82, 2.24) is 14.8 Å². The monoisotopic (exact) mass is 473 g/mol. The number of likely N-dealkylation sites (tertiary alicyclic amines) is 2. The fraction of sp³-hybridized carbons (Fsp3) is 0.545. The van der Waals surface area contributed by atoms with Crippen LogP contribution in [0, 0.1) is 22.0 Å². The zero-order chi connectivity index (χ0) is 23.9. The molecule has 0 radical (unpaired) electrons. The number of nitrogens with one attached hydrogen (secondary N) is 1. The first-order valence-corrected chi connectivity index (χ1v) is 11.8. The third-order valence-corrected chi connectivity index (χ3v) is 7.21. The van der Waals surface area contributed by atoms with Gasteiger partial charge in [-0.15, -0.1) is 0 Å². The molecule has 2 aliphatic heterocycles. The van der Waals surface area contributed by atoms with Gasteiger partial charge in [-0.3, -0.25) is 24.5 Å². The Balaban J connectivity index is 1.32. The molecule has 0 saturated carbocycles. The van der Waals surface area contributed by atoms with Gasteiger partial charge < -0.3 is 15.1 Å². The maximum Gasteiger partial charge on any atom is 0.270 e. The number of piperidine rings is 1. The molecule has 10 nitrogen and oxygen atoms in total. The summed E-state index contributed by atoms with van der Waals surface area (Å²) in [6.45, 7) is 7.29. The van der Waals surface area contributed by atoms with E-state index in [0.717, 1.165) is 0 Å². The molecule has 3 amide bonds. The zero-order valence-electron chi connectivity index (χ0n) is 18.9. The van der Waals surface area contributed by atoms with E-state index in [2.05, 4.69) is 10.3 Å². The highest BCUT2D eigenvalue weighted by molar-refractivity contribution is 7.22. The number of carbonyl (C=O) groups is 3. The van der Waals surface area contributed by atoms with Crippen molar-refractivity contribution in [3.63, 3.8) is 0 Å². The molecule has 2 fully saturated rings. The predicted octanol–water partition coefficient (Wildman–Crippen LogP) is 3.03. The van der Waals surface area contributed by atoms with Crippen molar-refractivity contribution in [2.75, 3.05) is 25.0 Å². The van der Waals surface area contributed by atoms with Crippen molar-refractivity contribution in [3.8, 4) is 0 Å². The second-order valence-corrected chi connectivity index (χ2v) is 10.6. The number of anilines is 1. The second kappa shape index (κ2) is 8.69. The van der Waals surface area contributed by atoms with E-state index in [0.29, 0.717) is 47.8 Å². The second-order valence-electron chi connectivity index (χ2n) is 9.59. The van der Waals surface area contributed by atoms with Crippen LogP contribution in [0.1, 0.15) is 40.0 Å². The van der Waals surface area contributed by atoms with Gasteiger partial charge in [-0.05, 0) is 39.7 Å². The van der Waals surface area contributed by atoms with Crippen LogP contribution in [0.2, 0.25) is 0 Å². The predicted molar refractivity (Wildman–Crippen MR) is 124 cm³/mol. The van der Waals surface area contributed by atoms with Crippen molar-refractivity contribution >= 4 is 50.1 Å². The van der Waals surface area contributed by atoms with Crippen LogP contribution in [0.3, 0.4) is 0 Å². The van der Waals surface area contributed by atoms with Crippen LogP contribution in [-0.4, -0.2) is 62.6 Å². The molecular formula is C22H27N5O5S. The van der Waals surface area contributed by atoms with Crippen LogP contribution in [0.15, 0.2) is 18.2 Å². The molecule has 2 aromatic rings. The normalized spacial score (nSPS) is 19.8. The van der Waals surface area contributed by atoms with E-state index in [-0.39, 0.29) is 47.2 Å². The molecule has 176 valence electrons. The number of nitrogens with zero attached hydrogens (tertiary/aromatic N) is 4. The first-order chi connectivity index (χ1) is 15.5. The Bertz CT molecular complexity index is 1120. The molecule has 3 heterocycles. The number of fused-ring (bicyclic) bond motifs is 1. The highest BCUT2D eigenvalue weighted by Gasteiger charge is 2.41. The molecule has 0 aliphatic carbocycles. The van der Waals surface area contributed by atoms with Gasteiger partial charge in [0.05, 0.1) is 21.1 Å². The summed E-state index contributed by atoms with van der Waals surface area (Å²) in [7, 11) is 0. The van der Waals surface area contributed by atoms with E-state index in [1.807, 2.05) is 20.8 Å². The van der Waals surface area contributed by atoms with Gasteiger partial charge in [0.25, 0.3) is 5.69 Å². The van der Waals surface area contributed by atoms with E-state index < -0.39 is 4.92 Å². The topological polar surface area (TPSA) is 126 Å². The SMILES string of the molecule is CC(C)(C)N1CC(C(=O)N2CCC(C(=O)Nc3nc4ccc([N+](=O)[O-])cc4s3)CC2)CC1=O. The Morgan fingerprint density at radius 3 is 2.52 bits per heavy atom. The average Bonchev–Trinajstić information content (AvgIpc) is 3.35. The molecule has 33 heavy (non-hydrogen) atoms. The fourth-order valence-electron chi connectivity index (χ4n) is 4.43. The summed E-state index contributed by atoms with van der Waals surface area (Å²) >= 11 is 1.20. The van der Waals surface area contributed by atoms with Gasteiger partial charge in [-0.1, -0.05) is 11.3 Å². The molecule has 1 aromatic heterocycles. The lowest BCUT2D eigenvalue weighted by atomic mass is 9.94. The molecule has 4 rings (SSSR count). The summed E-state index contributed by atoms with van der Waals surface area (Å²) in [5, 5.41) is 14.2. The highest BCUT2D eigenvalue weighted by atomic mass is 32.1. The van der Waals surface area contributed by atoms with Crippen molar-refractivity contribution in [3.05, 3.63) is 28.3 Å². The third kappa shape index (κ3) is 4.82. The first kappa shape index (κ1) is 23.1. The Kier molecular flexibility index (Phi) is 6.08. The van der Waals surface area contributed by atoms with Crippen LogP contribution in [0.4, 0.5) is 10.8 Å². The number of non-ortho nitro benzene ring substituents is 1. The number of nitro groups is 1. The number of amides is 3. The van der Waals surface area contributed by atoms with Crippen molar-refractivity contribution in [2.45, 2.75) is 45.6 Å². The van der Waals surface area contributed by atoms with E-state index in [1.165, 1.54) is 23.5 Å². The highest BCUT2D eigenvalue weighted by Crippen LogP contribution is 2.31. The lowest BCUT2D eigenvalue weighted by molar-refractivity contribution is -0.384. The number of benzene rings is 1. The summed E-state index contributed by atoms with van der Waals surface area (Å²) in [6, 6.07) is 4.40. The lowest BCUT2D eigenvalue weighted by Crippen LogP contribution is -2.46. The fourth-order valence-corrected chi connectivity index (χ4v) is 5.33. The Hall–Kier alpha value is -3.08. The van der Waals surface area contributed by atoms with E-state index >= 15 is 0 Å². The molecule has 1 N–H and O–H groups in total. The van der Waals surface area contributed by atoms with Gasteiger partial charge in [0, 0.05) is 49.6 Å². The Morgan fingerprint density at radius 1 is 1.21 bits per heavy atom. The van der Waals surface area contributed by atoms with Crippen molar-refractivity contribution < 1.29 is 19.3 Å². The molecule has 0 spiro atoms. The molecule has 1 atom stereocenters. The number of thiazole rings is 1. The minimum atomic E-state index is -0.464. The quantitative estimate of drug-likeness (QED) is 0.537. The molecule has 1 aromatic carbocycles. The summed E-state index contributed by atoms with van der Waals surface area (Å²) < 4.78 is 0.635. The first-order valence-electron chi connectivity index (χ1n) is 11.0. The van der Waals surface area contributed by atoms with E-state index in [1.54, 1.807) is 15.9 Å². The Morgan fingerprint density at radius 2 is 1.91 bits per heavy atom. The summed E-state index contributed by atoms with van der Waals surface area (Å²) in [4.78, 5) is 56.4. The molecule has 1 unspecified atom stereocenters. The molecule has 11 heteroatoms. The number of nitro benzene ring substituents is 1. The van der Waals surface area contributed by atoms with Crippen molar-refractivity contribution in [1.29, 1.82) is 0 Å². The van der Waals surface area contributed by atoms with Crippen LogP contribution in [-0.2, 0) is 14.4 Å². The van der Waals surface area contributed by atoms with Gasteiger partial charge in [-0.2, -0.15) is 0 Å². The van der Waals surface area contributed by atoms with Crippen LogP contribution < -0.4 is 5.32 Å². The standard InChI is InChI=1S/C22H27N5O5S/c1-22(2,3)26-12-14(10-18(26)28)20(30)25-8-6-13(7-9-25)19(29)24-21-23-16-5-4-15(27(31)32)11-17(16)33-21/h4-5,11,13-14H,6-10,12H2,1-3H3,(H,23,24,29). The summed E-state index contributed by atoms with van der Waals surface area (Å²) in [5.41, 5.74) is 0.273. The largest absolute Gasteiger partial charge is 0.342 e. The van der Waals surface area contributed by atoms with Crippen LogP contribution >= 0.6 is 11.3 Å². The van der Waals surface area contributed by atoms with Gasteiger partial charge >= 0.3 is 0 Å². The maximum atomic E-state index is 13.0. The van der Waals surface area contributed by atoms with Gasteiger partial charge in [0.2, 0.25) is 17.7 Å². The molecule has 2 saturated heterocycles.